The van der Waals surface area contributed by atoms with Gasteiger partial charge in [-0.3, -0.25) is 9.89 Å². The Morgan fingerprint density at radius 3 is 2.16 bits per heavy atom. The van der Waals surface area contributed by atoms with E-state index >= 15 is 0 Å². The molecule has 4 aromatic rings. The van der Waals surface area contributed by atoms with E-state index in [2.05, 4.69) is 5.32 Å². The van der Waals surface area contributed by atoms with Crippen molar-refractivity contribution in [2.45, 2.75) is 31.7 Å². The number of furan rings is 1. The van der Waals surface area contributed by atoms with Gasteiger partial charge in [0.2, 0.25) is 0 Å². The minimum Gasteiger partial charge on any atom is -0.493 e. The van der Waals surface area contributed by atoms with Crippen molar-refractivity contribution in [3.8, 4) is 5.75 Å². The van der Waals surface area contributed by atoms with E-state index in [1.54, 1.807) is 61.7 Å². The number of hydrogen-bond donors (Lipinski definition) is 2. The van der Waals surface area contributed by atoms with Crippen LogP contribution in [0.4, 0.5) is 18.0 Å². The summed E-state index contributed by atoms with van der Waals surface area (Å²) in [6.07, 6.45) is -4.24. The first kappa shape index (κ1) is 31.9. The maximum absolute atomic E-state index is 13.3. The Labute approximate surface area is 256 Å². The van der Waals surface area contributed by atoms with Crippen molar-refractivity contribution in [3.05, 3.63) is 123 Å². The lowest BCUT2D eigenvalue weighted by Gasteiger charge is -2.27. The lowest BCUT2D eigenvalue weighted by atomic mass is 9.94. The number of benzene rings is 3. The molecule has 12 heteroatoms. The summed E-state index contributed by atoms with van der Waals surface area (Å²) in [7, 11) is 1.89. The van der Waals surface area contributed by atoms with Crippen LogP contribution in [0.1, 0.15) is 47.0 Å². The number of carbonyl (C=O) groups is 1. The third-order valence-corrected chi connectivity index (χ3v) is 6.98. The topological polar surface area (TPSA) is 87.3 Å². The van der Waals surface area contributed by atoms with E-state index in [4.69, 9.17) is 37.3 Å². The number of aliphatic imine (C=N–C) groups is 1. The summed E-state index contributed by atoms with van der Waals surface area (Å²) in [6, 6.07) is 18.7. The van der Waals surface area contributed by atoms with Crippen LogP contribution in [-0.2, 0) is 12.7 Å². The second-order valence-electron chi connectivity index (χ2n) is 9.35. The normalized spacial score (nSPS) is 16.3. The van der Waals surface area contributed by atoms with Gasteiger partial charge in [0.15, 0.2) is 0 Å². The number of amides is 1. The van der Waals surface area contributed by atoms with Crippen LogP contribution < -0.4 is 10.1 Å². The Kier molecular flexibility index (Phi) is 10.4. The van der Waals surface area contributed by atoms with E-state index in [1.807, 2.05) is 19.2 Å². The molecule has 0 saturated heterocycles. The molecule has 1 aliphatic heterocycles. The Morgan fingerprint density at radius 1 is 1.02 bits per heavy atom. The molecule has 3 aromatic carbocycles. The van der Waals surface area contributed by atoms with Crippen LogP contribution in [0.15, 0.2) is 94.5 Å². The number of alkyl halides is 3. The molecule has 2 unspecified atom stereocenters. The largest absolute Gasteiger partial charge is 0.493 e. The van der Waals surface area contributed by atoms with Crippen LogP contribution in [-0.4, -0.2) is 35.6 Å². The quantitative estimate of drug-likeness (QED) is 0.213. The molecule has 226 valence electrons. The highest BCUT2D eigenvalue weighted by molar-refractivity contribution is 6.30. The standard InChI is InChI=1S/C25H19Cl2F3N2O3.C6H9NO/c1-2-35-20-13-16(25(28,29)30)7-12-19(20)23-31-21(14-3-8-17(26)9-4-14)22(32(23)24(33)34)15-5-10-18(27)11-6-15;1-7-5-6-3-2-4-8-6/h3-13,21-22H,2H2,1H3,(H,33,34);2-4,7H,5H2,1H3. The monoisotopic (exact) mass is 633 g/mol. The predicted octanol–water partition coefficient (Wildman–Crippen LogP) is 8.63. The number of nitrogens with zero attached hydrogens (tertiary/aromatic N) is 2. The third-order valence-electron chi connectivity index (χ3n) is 6.48. The number of halogens is 5. The molecule has 1 aliphatic rings. The van der Waals surface area contributed by atoms with Gasteiger partial charge in [-0.15, -0.1) is 0 Å². The molecule has 43 heavy (non-hydrogen) atoms. The number of ether oxygens (including phenoxy) is 1. The first-order valence-electron chi connectivity index (χ1n) is 13.2. The molecule has 2 heterocycles. The Bertz CT molecular complexity index is 1540. The predicted molar refractivity (Wildman–Crippen MR) is 159 cm³/mol. The fourth-order valence-corrected chi connectivity index (χ4v) is 4.85. The summed E-state index contributed by atoms with van der Waals surface area (Å²) in [5, 5.41) is 14.2. The van der Waals surface area contributed by atoms with Gasteiger partial charge in [-0.25, -0.2) is 4.79 Å². The van der Waals surface area contributed by atoms with Gasteiger partial charge >= 0.3 is 12.3 Å². The van der Waals surface area contributed by atoms with Gasteiger partial charge in [-0.05, 0) is 79.7 Å². The maximum atomic E-state index is 13.3. The zero-order valence-electron chi connectivity index (χ0n) is 23.1. The molecule has 7 nitrogen and oxygen atoms in total. The molecule has 0 radical (unpaired) electrons. The second-order valence-corrected chi connectivity index (χ2v) is 10.2. The fourth-order valence-electron chi connectivity index (χ4n) is 4.60. The van der Waals surface area contributed by atoms with Crippen molar-refractivity contribution in [2.24, 2.45) is 4.99 Å². The highest BCUT2D eigenvalue weighted by Crippen LogP contribution is 2.45. The van der Waals surface area contributed by atoms with Crippen molar-refractivity contribution in [1.29, 1.82) is 0 Å². The van der Waals surface area contributed by atoms with Crippen molar-refractivity contribution >= 4 is 35.1 Å². The molecule has 5 rings (SSSR count). The summed E-state index contributed by atoms with van der Waals surface area (Å²) >= 11 is 12.1. The maximum Gasteiger partial charge on any atom is 0.416 e. The minimum absolute atomic E-state index is 0.0189. The number of nitrogens with one attached hydrogen (secondary N) is 1. The number of hydrogen-bond acceptors (Lipinski definition) is 5. The molecule has 0 aliphatic carbocycles. The summed E-state index contributed by atoms with van der Waals surface area (Å²) in [5.41, 5.74) is 0.521. The first-order valence-corrected chi connectivity index (χ1v) is 13.9. The minimum atomic E-state index is -4.59. The Balaban J connectivity index is 0.000000458. The van der Waals surface area contributed by atoms with E-state index in [1.165, 1.54) is 6.07 Å². The van der Waals surface area contributed by atoms with Gasteiger partial charge in [-0.1, -0.05) is 47.5 Å². The van der Waals surface area contributed by atoms with Crippen LogP contribution in [0.5, 0.6) is 5.75 Å². The second kappa shape index (κ2) is 14.0. The summed E-state index contributed by atoms with van der Waals surface area (Å²) in [5.74, 6) is 0.848. The average Bonchev–Trinajstić information content (AvgIpc) is 3.63. The fraction of sp³-hybridized carbons (Fsp3) is 0.226. The Hall–Kier alpha value is -3.99. The van der Waals surface area contributed by atoms with Crippen LogP contribution in [0, 0.1) is 0 Å². The molecule has 0 fully saturated rings. The molecule has 1 aromatic heterocycles. The van der Waals surface area contributed by atoms with Crippen molar-refractivity contribution in [2.75, 3.05) is 13.7 Å². The third kappa shape index (κ3) is 7.70. The van der Waals surface area contributed by atoms with E-state index in [0.29, 0.717) is 21.2 Å². The summed E-state index contributed by atoms with van der Waals surface area (Å²) in [6.45, 7) is 2.52. The molecular weight excluding hydrogens is 606 g/mol. The first-order chi connectivity index (χ1) is 20.5. The zero-order valence-corrected chi connectivity index (χ0v) is 24.6. The van der Waals surface area contributed by atoms with Crippen LogP contribution >= 0.6 is 23.2 Å². The van der Waals surface area contributed by atoms with Gasteiger partial charge in [0.1, 0.15) is 23.4 Å². The van der Waals surface area contributed by atoms with E-state index in [-0.39, 0.29) is 23.8 Å². The smallest absolute Gasteiger partial charge is 0.416 e. The van der Waals surface area contributed by atoms with E-state index in [9.17, 15) is 23.1 Å². The van der Waals surface area contributed by atoms with Crippen molar-refractivity contribution in [1.82, 2.24) is 10.2 Å². The van der Waals surface area contributed by atoms with Crippen molar-refractivity contribution in [3.63, 3.8) is 0 Å². The highest BCUT2D eigenvalue weighted by Gasteiger charge is 2.43. The average molecular weight is 634 g/mol. The molecular formula is C31H28Cl2F3N3O4. The summed E-state index contributed by atoms with van der Waals surface area (Å²) in [4.78, 5) is 18.3. The number of rotatable bonds is 7. The van der Waals surface area contributed by atoms with Gasteiger partial charge < -0.3 is 19.6 Å². The lowest BCUT2D eigenvalue weighted by molar-refractivity contribution is -0.137. The molecule has 2 atom stereocenters. The van der Waals surface area contributed by atoms with Gasteiger partial charge in [-0.2, -0.15) is 13.2 Å². The van der Waals surface area contributed by atoms with Crippen LogP contribution in [0.3, 0.4) is 0 Å². The van der Waals surface area contributed by atoms with Crippen LogP contribution in [0.25, 0.3) is 0 Å². The SMILES string of the molecule is CCOc1cc(C(F)(F)F)ccc1C1=NC(c2ccc(Cl)cc2)C(c2ccc(Cl)cc2)N1C(=O)O.CNCc1ccco1. The van der Waals surface area contributed by atoms with Gasteiger partial charge in [0, 0.05) is 10.0 Å². The van der Waals surface area contributed by atoms with Crippen molar-refractivity contribution < 1.29 is 32.2 Å². The summed E-state index contributed by atoms with van der Waals surface area (Å²) < 4.78 is 50.5. The molecule has 2 N–H and O–H groups in total. The van der Waals surface area contributed by atoms with Crippen LogP contribution in [0.2, 0.25) is 10.0 Å². The lowest BCUT2D eigenvalue weighted by Crippen LogP contribution is -2.37. The Morgan fingerprint density at radius 2 is 1.65 bits per heavy atom. The van der Waals surface area contributed by atoms with E-state index < -0.39 is 29.9 Å². The zero-order chi connectivity index (χ0) is 31.1. The molecule has 0 spiro atoms. The van der Waals surface area contributed by atoms with Gasteiger partial charge in [0.05, 0.1) is 36.6 Å². The molecule has 1 amide bonds. The number of amidine groups is 1. The van der Waals surface area contributed by atoms with Gasteiger partial charge in [0.25, 0.3) is 0 Å². The van der Waals surface area contributed by atoms with E-state index in [0.717, 1.165) is 29.3 Å². The molecule has 0 bridgehead atoms. The molecule has 0 saturated carbocycles. The highest BCUT2D eigenvalue weighted by atomic mass is 35.5. The number of carboxylic acid groups (broad SMARTS) is 1.